The van der Waals surface area contributed by atoms with Crippen LogP contribution in [0.5, 0.6) is 0 Å². The lowest BCUT2D eigenvalue weighted by Gasteiger charge is -2.34. The molecule has 9 heteroatoms. The van der Waals surface area contributed by atoms with Gasteiger partial charge in [0.1, 0.15) is 5.82 Å². The zero-order valence-electron chi connectivity index (χ0n) is 16.2. The molecule has 1 aliphatic rings. The van der Waals surface area contributed by atoms with E-state index in [-0.39, 0.29) is 23.9 Å². The largest absolute Gasteiger partial charge is 0.347 e. The van der Waals surface area contributed by atoms with Crippen molar-refractivity contribution in [3.63, 3.8) is 0 Å². The predicted octanol–water partition coefficient (Wildman–Crippen LogP) is 3.36. The number of sulfonamides is 1. The average molecular weight is 450 g/mol. The van der Waals surface area contributed by atoms with Gasteiger partial charge in [-0.05, 0) is 47.9 Å². The van der Waals surface area contributed by atoms with Crippen LogP contribution >= 0.6 is 11.6 Å². The van der Waals surface area contributed by atoms with Gasteiger partial charge >= 0.3 is 0 Å². The fourth-order valence-corrected chi connectivity index (χ4v) is 5.25. The van der Waals surface area contributed by atoms with E-state index in [1.54, 1.807) is 4.90 Å². The topological polar surface area (TPSA) is 62.6 Å². The Bertz CT molecular complexity index is 1170. The first kappa shape index (κ1) is 20.8. The highest BCUT2D eigenvalue weighted by Crippen LogP contribution is 2.21. The number of rotatable bonds is 5. The standard InChI is InChI=1S/C21H21ClFN3O3S/c22-17-2-1-16-7-9-24(20(16)15-17)10-8-21(27)25-11-13-26(14-12-25)30(28,29)19-5-3-18(23)4-6-19/h1-7,9,15H,8,10-14H2. The normalized spacial score (nSPS) is 15.6. The first-order chi connectivity index (χ1) is 14.3. The van der Waals surface area contributed by atoms with Gasteiger partial charge < -0.3 is 9.47 Å². The maximum absolute atomic E-state index is 13.1. The van der Waals surface area contributed by atoms with Gasteiger partial charge in [0.25, 0.3) is 0 Å². The van der Waals surface area contributed by atoms with Crippen molar-refractivity contribution in [2.75, 3.05) is 26.2 Å². The SMILES string of the molecule is O=C(CCn1ccc2ccc(Cl)cc21)N1CCN(S(=O)(=O)c2ccc(F)cc2)CC1. The van der Waals surface area contributed by atoms with E-state index in [1.165, 1.54) is 16.4 Å². The van der Waals surface area contributed by atoms with E-state index < -0.39 is 15.8 Å². The van der Waals surface area contributed by atoms with Gasteiger partial charge in [0.2, 0.25) is 15.9 Å². The van der Waals surface area contributed by atoms with E-state index in [0.717, 1.165) is 23.0 Å². The Hall–Kier alpha value is -2.42. The highest BCUT2D eigenvalue weighted by Gasteiger charge is 2.30. The molecule has 1 aromatic heterocycles. The molecule has 30 heavy (non-hydrogen) atoms. The highest BCUT2D eigenvalue weighted by atomic mass is 35.5. The summed E-state index contributed by atoms with van der Waals surface area (Å²) in [4.78, 5) is 14.4. The van der Waals surface area contributed by atoms with Gasteiger partial charge in [-0.2, -0.15) is 4.31 Å². The lowest BCUT2D eigenvalue weighted by molar-refractivity contribution is -0.132. The summed E-state index contributed by atoms with van der Waals surface area (Å²) in [6.07, 6.45) is 2.25. The maximum Gasteiger partial charge on any atom is 0.243 e. The molecule has 0 N–H and O–H groups in total. The number of amides is 1. The van der Waals surface area contributed by atoms with Gasteiger partial charge in [-0.25, -0.2) is 12.8 Å². The lowest BCUT2D eigenvalue weighted by Crippen LogP contribution is -2.50. The second-order valence-electron chi connectivity index (χ2n) is 7.20. The number of carbonyl (C=O) groups is 1. The number of aromatic nitrogens is 1. The Labute approximate surface area is 179 Å². The molecule has 1 aliphatic heterocycles. The monoisotopic (exact) mass is 449 g/mol. The third-order valence-corrected chi connectivity index (χ3v) is 7.49. The van der Waals surface area contributed by atoms with Gasteiger partial charge in [-0.3, -0.25) is 4.79 Å². The van der Waals surface area contributed by atoms with E-state index >= 15 is 0 Å². The van der Waals surface area contributed by atoms with Crippen LogP contribution in [0.15, 0.2) is 59.6 Å². The van der Waals surface area contributed by atoms with E-state index in [9.17, 15) is 17.6 Å². The fourth-order valence-electron chi connectivity index (χ4n) is 3.66. The number of carbonyl (C=O) groups excluding carboxylic acids is 1. The molecule has 2 heterocycles. The number of piperazine rings is 1. The molecule has 1 amide bonds. The Morgan fingerprint density at radius 3 is 2.40 bits per heavy atom. The summed E-state index contributed by atoms with van der Waals surface area (Å²) in [6.45, 7) is 1.62. The molecule has 0 spiro atoms. The number of benzene rings is 2. The second-order valence-corrected chi connectivity index (χ2v) is 9.58. The van der Waals surface area contributed by atoms with Gasteiger partial charge in [0, 0.05) is 55.9 Å². The van der Waals surface area contributed by atoms with E-state index in [1.807, 2.05) is 35.0 Å². The maximum atomic E-state index is 13.1. The Morgan fingerprint density at radius 2 is 1.70 bits per heavy atom. The molecule has 2 aromatic carbocycles. The molecule has 3 aromatic rings. The van der Waals surface area contributed by atoms with Gasteiger partial charge in [-0.1, -0.05) is 17.7 Å². The highest BCUT2D eigenvalue weighted by molar-refractivity contribution is 7.89. The van der Waals surface area contributed by atoms with Crippen molar-refractivity contribution in [3.8, 4) is 0 Å². The Morgan fingerprint density at radius 1 is 1.00 bits per heavy atom. The lowest BCUT2D eigenvalue weighted by atomic mass is 10.2. The average Bonchev–Trinajstić information content (AvgIpc) is 3.14. The van der Waals surface area contributed by atoms with Crippen LogP contribution in [0, 0.1) is 5.82 Å². The number of halogens is 2. The van der Waals surface area contributed by atoms with E-state index in [2.05, 4.69) is 0 Å². The third kappa shape index (κ3) is 4.21. The molecule has 6 nitrogen and oxygen atoms in total. The number of aryl methyl sites for hydroxylation is 1. The van der Waals surface area contributed by atoms with Crippen molar-refractivity contribution in [3.05, 3.63) is 65.6 Å². The van der Waals surface area contributed by atoms with Crippen molar-refractivity contribution in [2.24, 2.45) is 0 Å². The van der Waals surface area contributed by atoms with Gasteiger partial charge in [-0.15, -0.1) is 0 Å². The fraction of sp³-hybridized carbons (Fsp3) is 0.286. The van der Waals surface area contributed by atoms with Crippen LogP contribution in [0.2, 0.25) is 5.02 Å². The minimum atomic E-state index is -3.69. The third-order valence-electron chi connectivity index (χ3n) is 5.35. The Balaban J connectivity index is 1.35. The summed E-state index contributed by atoms with van der Waals surface area (Å²) in [5.74, 6) is -0.500. The molecule has 1 fully saturated rings. The summed E-state index contributed by atoms with van der Waals surface area (Å²) >= 11 is 6.07. The van der Waals surface area contributed by atoms with Crippen LogP contribution in [-0.4, -0.2) is 54.3 Å². The molecule has 0 atom stereocenters. The molecule has 4 rings (SSSR count). The van der Waals surface area contributed by atoms with Crippen molar-refractivity contribution in [1.29, 1.82) is 0 Å². The van der Waals surface area contributed by atoms with Gasteiger partial charge in [0.05, 0.1) is 4.90 Å². The molecule has 0 bridgehead atoms. The van der Waals surface area contributed by atoms with Crippen molar-refractivity contribution in [1.82, 2.24) is 13.8 Å². The van der Waals surface area contributed by atoms with Crippen molar-refractivity contribution in [2.45, 2.75) is 17.9 Å². The second kappa shape index (κ2) is 8.37. The zero-order valence-corrected chi connectivity index (χ0v) is 17.7. The van der Waals surface area contributed by atoms with Crippen LogP contribution in [0.1, 0.15) is 6.42 Å². The summed E-state index contributed by atoms with van der Waals surface area (Å²) in [5, 5.41) is 1.71. The van der Waals surface area contributed by atoms with Crippen LogP contribution < -0.4 is 0 Å². The number of nitrogens with zero attached hydrogens (tertiary/aromatic N) is 3. The van der Waals surface area contributed by atoms with Crippen LogP contribution in [0.3, 0.4) is 0 Å². The summed E-state index contributed by atoms with van der Waals surface area (Å²) < 4.78 is 41.8. The first-order valence-corrected chi connectivity index (χ1v) is 11.4. The smallest absolute Gasteiger partial charge is 0.243 e. The number of hydrogen-bond donors (Lipinski definition) is 0. The van der Waals surface area contributed by atoms with Crippen molar-refractivity contribution < 1.29 is 17.6 Å². The molecule has 0 aliphatic carbocycles. The summed E-state index contributed by atoms with van der Waals surface area (Å²) in [5.41, 5.74) is 0.977. The molecular formula is C21H21ClFN3O3S. The molecule has 1 saturated heterocycles. The van der Waals surface area contributed by atoms with Crippen LogP contribution in [-0.2, 0) is 21.4 Å². The Kier molecular flexibility index (Phi) is 5.81. The number of fused-ring (bicyclic) bond motifs is 1. The van der Waals surface area contributed by atoms with E-state index in [4.69, 9.17) is 11.6 Å². The molecular weight excluding hydrogens is 429 g/mol. The van der Waals surface area contributed by atoms with E-state index in [0.29, 0.717) is 31.1 Å². The zero-order chi connectivity index (χ0) is 21.3. The van der Waals surface area contributed by atoms with Crippen molar-refractivity contribution >= 4 is 38.4 Å². The summed E-state index contributed by atoms with van der Waals surface area (Å²) in [6, 6.07) is 12.4. The molecule has 0 radical (unpaired) electrons. The number of hydrogen-bond acceptors (Lipinski definition) is 3. The molecule has 0 saturated carbocycles. The predicted molar refractivity (Wildman–Crippen MR) is 113 cm³/mol. The minimum absolute atomic E-state index is 0.0160. The minimum Gasteiger partial charge on any atom is -0.347 e. The first-order valence-electron chi connectivity index (χ1n) is 9.62. The van der Waals surface area contributed by atoms with Gasteiger partial charge in [0.15, 0.2) is 0 Å². The van der Waals surface area contributed by atoms with Crippen LogP contribution in [0.25, 0.3) is 10.9 Å². The quantitative estimate of drug-likeness (QED) is 0.600. The summed E-state index contributed by atoms with van der Waals surface area (Å²) in [7, 11) is -3.69. The molecule has 158 valence electrons. The molecule has 0 unspecified atom stereocenters. The van der Waals surface area contributed by atoms with Crippen LogP contribution in [0.4, 0.5) is 4.39 Å².